The predicted molar refractivity (Wildman–Crippen MR) is 98.6 cm³/mol. The van der Waals surface area contributed by atoms with Gasteiger partial charge in [-0.05, 0) is 39.2 Å². The Bertz CT molecular complexity index is 489. The summed E-state index contributed by atoms with van der Waals surface area (Å²) in [5, 5.41) is 7.02. The number of guanidine groups is 1. The summed E-state index contributed by atoms with van der Waals surface area (Å²) < 4.78 is 0. The molecule has 0 spiro atoms. The molecule has 0 amide bonds. The highest BCUT2D eigenvalue weighted by Gasteiger charge is 2.21. The standard InChI is InChI=1S/C19H32N4/c1-15(16-10-6-4-7-11-16)23-19(2,3)14-21-18(20)22-17-12-8-5-9-13-17/h4,6-7,10-11,15,17,23H,5,8-9,12-14H2,1-3H3,(H3,20,21,22). The van der Waals surface area contributed by atoms with Gasteiger partial charge in [0.2, 0.25) is 0 Å². The highest BCUT2D eigenvalue weighted by atomic mass is 15.1. The number of hydrogen-bond donors (Lipinski definition) is 3. The lowest BCUT2D eigenvalue weighted by atomic mass is 9.96. The zero-order valence-electron chi connectivity index (χ0n) is 14.8. The van der Waals surface area contributed by atoms with Gasteiger partial charge in [0.25, 0.3) is 0 Å². The van der Waals surface area contributed by atoms with Gasteiger partial charge in [0.1, 0.15) is 0 Å². The van der Waals surface area contributed by atoms with Gasteiger partial charge in [0, 0.05) is 17.6 Å². The summed E-state index contributed by atoms with van der Waals surface area (Å²) in [6, 6.07) is 11.3. The molecule has 0 aliphatic heterocycles. The van der Waals surface area contributed by atoms with E-state index in [2.05, 4.69) is 60.7 Å². The van der Waals surface area contributed by atoms with Crippen molar-refractivity contribution in [3.8, 4) is 0 Å². The van der Waals surface area contributed by atoms with Crippen molar-refractivity contribution in [2.24, 2.45) is 10.7 Å². The molecule has 0 saturated heterocycles. The second-order valence-electron chi connectivity index (χ2n) is 7.34. The van der Waals surface area contributed by atoms with Crippen LogP contribution in [0.25, 0.3) is 0 Å². The van der Waals surface area contributed by atoms with Crippen LogP contribution in [0.2, 0.25) is 0 Å². The summed E-state index contributed by atoms with van der Waals surface area (Å²) in [5.74, 6) is 0.583. The van der Waals surface area contributed by atoms with E-state index in [-0.39, 0.29) is 11.6 Å². The lowest BCUT2D eigenvalue weighted by Gasteiger charge is -2.29. The predicted octanol–water partition coefficient (Wildman–Crippen LogP) is 3.35. The van der Waals surface area contributed by atoms with Crippen LogP contribution in [0.4, 0.5) is 0 Å². The van der Waals surface area contributed by atoms with Crippen LogP contribution in [0.5, 0.6) is 0 Å². The van der Waals surface area contributed by atoms with E-state index in [1.165, 1.54) is 37.7 Å². The smallest absolute Gasteiger partial charge is 0.188 e. The second-order valence-corrected chi connectivity index (χ2v) is 7.34. The second kappa shape index (κ2) is 8.34. The van der Waals surface area contributed by atoms with Gasteiger partial charge >= 0.3 is 0 Å². The Labute approximate surface area is 141 Å². The van der Waals surface area contributed by atoms with Crippen LogP contribution < -0.4 is 16.4 Å². The normalized spacial score (nSPS) is 18.7. The van der Waals surface area contributed by atoms with Gasteiger partial charge in [-0.3, -0.25) is 4.99 Å². The minimum Gasteiger partial charge on any atom is -0.370 e. The van der Waals surface area contributed by atoms with E-state index in [0.29, 0.717) is 18.5 Å². The van der Waals surface area contributed by atoms with Crippen molar-refractivity contribution in [2.75, 3.05) is 6.54 Å². The zero-order valence-corrected chi connectivity index (χ0v) is 14.8. The van der Waals surface area contributed by atoms with Crippen LogP contribution in [0, 0.1) is 0 Å². The third-order valence-corrected chi connectivity index (χ3v) is 4.51. The molecular formula is C19H32N4. The molecule has 4 nitrogen and oxygen atoms in total. The van der Waals surface area contributed by atoms with E-state index in [0.717, 1.165) is 0 Å². The topological polar surface area (TPSA) is 62.4 Å². The van der Waals surface area contributed by atoms with Crippen LogP contribution in [0.1, 0.15) is 64.5 Å². The average molecular weight is 316 g/mol. The molecule has 1 saturated carbocycles. The molecule has 0 aromatic heterocycles. The van der Waals surface area contributed by atoms with Crippen LogP contribution in [-0.2, 0) is 0 Å². The molecule has 1 aromatic carbocycles. The quantitative estimate of drug-likeness (QED) is 0.557. The Balaban J connectivity index is 1.83. The first kappa shape index (κ1) is 17.8. The molecule has 1 aliphatic rings. The van der Waals surface area contributed by atoms with Gasteiger partial charge in [-0.2, -0.15) is 0 Å². The van der Waals surface area contributed by atoms with Crippen molar-refractivity contribution in [3.63, 3.8) is 0 Å². The Hall–Kier alpha value is -1.55. The Morgan fingerprint density at radius 1 is 1.22 bits per heavy atom. The number of nitrogens with one attached hydrogen (secondary N) is 2. The molecule has 1 fully saturated rings. The van der Waals surface area contributed by atoms with E-state index < -0.39 is 0 Å². The fourth-order valence-electron chi connectivity index (χ4n) is 3.24. The highest BCUT2D eigenvalue weighted by Crippen LogP contribution is 2.18. The molecule has 4 N–H and O–H groups in total. The van der Waals surface area contributed by atoms with Gasteiger partial charge in [-0.25, -0.2) is 0 Å². The molecule has 0 radical (unpaired) electrons. The number of hydrogen-bond acceptors (Lipinski definition) is 2. The fraction of sp³-hybridized carbons (Fsp3) is 0.632. The molecule has 1 atom stereocenters. The van der Waals surface area contributed by atoms with Crippen LogP contribution in [0.15, 0.2) is 35.3 Å². The number of nitrogens with two attached hydrogens (primary N) is 1. The number of benzene rings is 1. The van der Waals surface area contributed by atoms with Gasteiger partial charge in [-0.1, -0.05) is 49.6 Å². The zero-order chi connectivity index (χ0) is 16.7. The summed E-state index contributed by atoms with van der Waals surface area (Å²) in [6.45, 7) is 7.19. The van der Waals surface area contributed by atoms with Crippen LogP contribution in [-0.4, -0.2) is 24.1 Å². The Morgan fingerprint density at radius 2 is 1.87 bits per heavy atom. The molecule has 0 bridgehead atoms. The fourth-order valence-corrected chi connectivity index (χ4v) is 3.24. The van der Waals surface area contributed by atoms with Crippen molar-refractivity contribution in [1.82, 2.24) is 10.6 Å². The van der Waals surface area contributed by atoms with Crippen LogP contribution >= 0.6 is 0 Å². The largest absolute Gasteiger partial charge is 0.370 e. The minimum atomic E-state index is -0.103. The molecular weight excluding hydrogens is 284 g/mol. The summed E-state index contributed by atoms with van der Waals surface area (Å²) in [7, 11) is 0. The number of nitrogens with zero attached hydrogens (tertiary/aromatic N) is 1. The van der Waals surface area contributed by atoms with Crippen molar-refractivity contribution >= 4 is 5.96 Å². The molecule has 0 heterocycles. The molecule has 128 valence electrons. The van der Waals surface area contributed by atoms with Crippen molar-refractivity contribution in [1.29, 1.82) is 0 Å². The molecule has 4 heteroatoms. The molecule has 1 aliphatic carbocycles. The number of rotatable bonds is 6. The first-order valence-electron chi connectivity index (χ1n) is 8.85. The summed E-state index contributed by atoms with van der Waals surface area (Å²) in [4.78, 5) is 4.56. The monoisotopic (exact) mass is 316 g/mol. The third kappa shape index (κ3) is 6.22. The van der Waals surface area contributed by atoms with E-state index in [4.69, 9.17) is 5.73 Å². The molecule has 1 unspecified atom stereocenters. The lowest BCUT2D eigenvalue weighted by Crippen LogP contribution is -2.46. The maximum absolute atomic E-state index is 6.06. The van der Waals surface area contributed by atoms with Gasteiger partial charge in [0.05, 0.1) is 6.54 Å². The first-order chi connectivity index (χ1) is 11.0. The van der Waals surface area contributed by atoms with Crippen LogP contribution in [0.3, 0.4) is 0 Å². The third-order valence-electron chi connectivity index (χ3n) is 4.51. The van der Waals surface area contributed by atoms with Gasteiger partial charge < -0.3 is 16.4 Å². The molecule has 2 rings (SSSR count). The maximum Gasteiger partial charge on any atom is 0.188 e. The maximum atomic E-state index is 6.06. The SMILES string of the molecule is CC(NC(C)(C)CN=C(N)NC1CCCCC1)c1ccccc1. The Morgan fingerprint density at radius 3 is 2.52 bits per heavy atom. The lowest BCUT2D eigenvalue weighted by molar-refractivity contribution is 0.356. The van der Waals surface area contributed by atoms with E-state index in [1.807, 2.05) is 6.07 Å². The summed E-state index contributed by atoms with van der Waals surface area (Å²) >= 11 is 0. The van der Waals surface area contributed by atoms with Crippen molar-refractivity contribution in [3.05, 3.63) is 35.9 Å². The van der Waals surface area contributed by atoms with Crippen molar-refractivity contribution in [2.45, 2.75) is 70.5 Å². The first-order valence-corrected chi connectivity index (χ1v) is 8.85. The van der Waals surface area contributed by atoms with Gasteiger partial charge in [-0.15, -0.1) is 0 Å². The Kier molecular flexibility index (Phi) is 6.46. The van der Waals surface area contributed by atoms with Gasteiger partial charge in [0.15, 0.2) is 5.96 Å². The molecule has 23 heavy (non-hydrogen) atoms. The summed E-state index contributed by atoms with van der Waals surface area (Å²) in [5.41, 5.74) is 7.25. The van der Waals surface area contributed by atoms with Crippen molar-refractivity contribution < 1.29 is 0 Å². The summed E-state index contributed by atoms with van der Waals surface area (Å²) in [6.07, 6.45) is 6.37. The van der Waals surface area contributed by atoms with E-state index in [1.54, 1.807) is 0 Å². The average Bonchev–Trinajstić information content (AvgIpc) is 2.54. The minimum absolute atomic E-state index is 0.103. The molecule has 1 aromatic rings. The van der Waals surface area contributed by atoms with E-state index >= 15 is 0 Å². The number of aliphatic imine (C=N–C) groups is 1. The van der Waals surface area contributed by atoms with E-state index in [9.17, 15) is 0 Å². The highest BCUT2D eigenvalue weighted by molar-refractivity contribution is 5.78.